The topological polar surface area (TPSA) is 91.7 Å². The molecule has 88 valence electrons. The molecule has 0 aromatic heterocycles. The molecule has 5 heteroatoms. The molecular formula is C13H6O5. The number of carbonyl (C=O) groups is 3. The van der Waals surface area contributed by atoms with E-state index in [0.717, 1.165) is 0 Å². The van der Waals surface area contributed by atoms with E-state index in [4.69, 9.17) is 0 Å². The van der Waals surface area contributed by atoms with Gasteiger partial charge in [0.05, 0.1) is 11.1 Å². The smallest absolute Gasteiger partial charge is 0.274 e. The predicted molar refractivity (Wildman–Crippen MR) is 60.9 cm³/mol. The number of hydrogen-bond acceptors (Lipinski definition) is 5. The highest BCUT2D eigenvalue weighted by atomic mass is 16.3. The van der Waals surface area contributed by atoms with Crippen LogP contribution in [-0.4, -0.2) is 27.6 Å². The van der Waals surface area contributed by atoms with Crippen molar-refractivity contribution in [3.05, 3.63) is 35.4 Å². The van der Waals surface area contributed by atoms with E-state index in [2.05, 4.69) is 0 Å². The Bertz CT molecular complexity index is 699. The van der Waals surface area contributed by atoms with Crippen molar-refractivity contribution in [3.8, 4) is 11.5 Å². The molecule has 0 aliphatic heterocycles. The van der Waals surface area contributed by atoms with E-state index in [1.54, 1.807) is 0 Å². The molecule has 0 spiro atoms. The van der Waals surface area contributed by atoms with Crippen molar-refractivity contribution in [2.45, 2.75) is 0 Å². The maximum atomic E-state index is 11.7. The molecule has 0 radical (unpaired) electrons. The van der Waals surface area contributed by atoms with Gasteiger partial charge in [-0.15, -0.1) is 0 Å². The first-order valence-corrected chi connectivity index (χ1v) is 5.13. The molecule has 0 fully saturated rings. The minimum atomic E-state index is -1.24. The Balaban J connectivity index is 2.64. The molecular weight excluding hydrogens is 236 g/mol. The summed E-state index contributed by atoms with van der Waals surface area (Å²) in [5, 5.41) is 20.0. The van der Waals surface area contributed by atoms with Crippen molar-refractivity contribution in [2.75, 3.05) is 0 Å². The van der Waals surface area contributed by atoms with Gasteiger partial charge in [0.15, 0.2) is 0 Å². The summed E-state index contributed by atoms with van der Waals surface area (Å²) in [6.45, 7) is 0. The minimum absolute atomic E-state index is 0.129. The molecule has 2 aromatic carbocycles. The van der Waals surface area contributed by atoms with Gasteiger partial charge in [-0.3, -0.25) is 14.4 Å². The number of aromatic hydroxyl groups is 2. The number of phenols is 2. The Morgan fingerprint density at radius 1 is 0.667 bits per heavy atom. The van der Waals surface area contributed by atoms with Crippen LogP contribution in [0.4, 0.5) is 0 Å². The lowest BCUT2D eigenvalue weighted by atomic mass is 9.85. The van der Waals surface area contributed by atoms with Crippen LogP contribution in [0.5, 0.6) is 11.5 Å². The lowest BCUT2D eigenvalue weighted by Crippen LogP contribution is -2.29. The van der Waals surface area contributed by atoms with Gasteiger partial charge in [-0.25, -0.2) is 0 Å². The first kappa shape index (κ1) is 10.5. The van der Waals surface area contributed by atoms with Gasteiger partial charge >= 0.3 is 0 Å². The Kier molecular flexibility index (Phi) is 1.84. The van der Waals surface area contributed by atoms with Crippen molar-refractivity contribution in [2.24, 2.45) is 0 Å². The number of hydrogen-bond donors (Lipinski definition) is 2. The van der Waals surface area contributed by atoms with E-state index < -0.39 is 17.3 Å². The quantitative estimate of drug-likeness (QED) is 0.677. The van der Waals surface area contributed by atoms with Crippen LogP contribution < -0.4 is 0 Å². The van der Waals surface area contributed by atoms with E-state index in [0.29, 0.717) is 5.39 Å². The average Bonchev–Trinajstić information content (AvgIpc) is 2.35. The predicted octanol–water partition coefficient (Wildman–Crippen LogP) is 1.20. The summed E-state index contributed by atoms with van der Waals surface area (Å²) < 4.78 is 0. The van der Waals surface area contributed by atoms with Crippen LogP contribution in [0.2, 0.25) is 0 Å². The van der Waals surface area contributed by atoms with E-state index in [-0.39, 0.29) is 28.0 Å². The summed E-state index contributed by atoms with van der Waals surface area (Å²) in [5.41, 5.74) is -0.439. The molecule has 1 aliphatic rings. The fourth-order valence-corrected chi connectivity index (χ4v) is 2.19. The molecule has 18 heavy (non-hydrogen) atoms. The Morgan fingerprint density at radius 3 is 1.56 bits per heavy atom. The summed E-state index contributed by atoms with van der Waals surface area (Å²) >= 11 is 0. The molecule has 0 amide bonds. The third-order valence-electron chi connectivity index (χ3n) is 3.01. The van der Waals surface area contributed by atoms with Gasteiger partial charge in [0.2, 0.25) is 11.6 Å². The summed E-state index contributed by atoms with van der Waals surface area (Å²) in [4.78, 5) is 35.0. The number of benzene rings is 2. The Morgan fingerprint density at radius 2 is 1.11 bits per heavy atom. The minimum Gasteiger partial charge on any atom is -0.507 e. The molecule has 0 bridgehead atoms. The second-order valence-electron chi connectivity index (χ2n) is 4.00. The van der Waals surface area contributed by atoms with Gasteiger partial charge in [0, 0.05) is 5.39 Å². The summed E-state index contributed by atoms with van der Waals surface area (Å²) in [7, 11) is 0. The van der Waals surface area contributed by atoms with Gasteiger partial charge in [-0.05, 0) is 17.5 Å². The number of ketones is 3. The fraction of sp³-hybridized carbons (Fsp3) is 0. The zero-order valence-electron chi connectivity index (χ0n) is 8.93. The Labute approximate surface area is 100 Å². The van der Waals surface area contributed by atoms with Crippen molar-refractivity contribution in [1.29, 1.82) is 0 Å². The SMILES string of the molecule is O=C1C(=O)c2c(O)ccc3ccc(O)c(c23)C1=O. The average molecular weight is 242 g/mol. The van der Waals surface area contributed by atoms with Gasteiger partial charge in [0.25, 0.3) is 5.78 Å². The van der Waals surface area contributed by atoms with E-state index in [1.807, 2.05) is 0 Å². The third-order valence-corrected chi connectivity index (χ3v) is 3.01. The summed E-state index contributed by atoms with van der Waals surface area (Å²) in [5.74, 6) is -4.07. The molecule has 2 aromatic rings. The van der Waals surface area contributed by atoms with Crippen LogP contribution >= 0.6 is 0 Å². The molecule has 0 unspecified atom stereocenters. The monoisotopic (exact) mass is 242 g/mol. The zero-order valence-corrected chi connectivity index (χ0v) is 8.93. The van der Waals surface area contributed by atoms with Gasteiger partial charge < -0.3 is 10.2 Å². The molecule has 1 aliphatic carbocycles. The Hall–Kier alpha value is -2.69. The molecule has 0 heterocycles. The molecule has 0 saturated carbocycles. The first-order valence-electron chi connectivity index (χ1n) is 5.13. The highest BCUT2D eigenvalue weighted by molar-refractivity contribution is 6.74. The molecule has 3 rings (SSSR count). The normalized spacial score (nSPS) is 14.3. The maximum Gasteiger partial charge on any atom is 0.274 e. The molecule has 5 nitrogen and oxygen atoms in total. The molecule has 2 N–H and O–H groups in total. The van der Waals surface area contributed by atoms with Gasteiger partial charge in [-0.2, -0.15) is 0 Å². The first-order chi connectivity index (χ1) is 8.52. The number of phenolic OH excluding ortho intramolecular Hbond substituents is 2. The maximum absolute atomic E-state index is 11.7. The van der Waals surface area contributed by atoms with Crippen LogP contribution in [0.1, 0.15) is 20.7 Å². The lowest BCUT2D eigenvalue weighted by molar-refractivity contribution is -0.111. The van der Waals surface area contributed by atoms with Crippen molar-refractivity contribution >= 4 is 28.1 Å². The summed E-state index contributed by atoms with van der Waals surface area (Å²) in [6.07, 6.45) is 0. The second-order valence-corrected chi connectivity index (χ2v) is 4.00. The highest BCUT2D eigenvalue weighted by Crippen LogP contribution is 2.37. The number of Topliss-reactive ketones (excluding diaryl/α,β-unsaturated/α-hetero) is 3. The molecule has 0 saturated heterocycles. The third kappa shape index (κ3) is 1.08. The van der Waals surface area contributed by atoms with Crippen LogP contribution in [0.15, 0.2) is 24.3 Å². The van der Waals surface area contributed by atoms with Crippen LogP contribution in [-0.2, 0) is 4.79 Å². The zero-order chi connectivity index (χ0) is 13.0. The fourth-order valence-electron chi connectivity index (χ4n) is 2.19. The van der Waals surface area contributed by atoms with Crippen LogP contribution in [0.3, 0.4) is 0 Å². The number of carbonyl (C=O) groups excluding carboxylic acids is 3. The van der Waals surface area contributed by atoms with Crippen LogP contribution in [0.25, 0.3) is 10.8 Å². The van der Waals surface area contributed by atoms with Crippen molar-refractivity contribution in [1.82, 2.24) is 0 Å². The highest BCUT2D eigenvalue weighted by Gasteiger charge is 2.37. The second kappa shape index (κ2) is 3.16. The van der Waals surface area contributed by atoms with Crippen molar-refractivity contribution < 1.29 is 24.6 Å². The lowest BCUT2D eigenvalue weighted by Gasteiger charge is -2.16. The van der Waals surface area contributed by atoms with Crippen LogP contribution in [0, 0.1) is 0 Å². The van der Waals surface area contributed by atoms with E-state index in [9.17, 15) is 24.6 Å². The van der Waals surface area contributed by atoms with Crippen molar-refractivity contribution in [3.63, 3.8) is 0 Å². The largest absolute Gasteiger partial charge is 0.507 e. The standard InChI is InChI=1S/C13H6O5/c14-6-3-1-5-2-4-7(15)10-8(5)9(6)11(16)13(18)12(10)17/h1-4,14-15H. The van der Waals surface area contributed by atoms with Gasteiger partial charge in [-0.1, -0.05) is 12.1 Å². The molecule has 0 atom stereocenters. The van der Waals surface area contributed by atoms with E-state index in [1.165, 1.54) is 24.3 Å². The summed E-state index contributed by atoms with van der Waals surface area (Å²) in [6, 6.07) is 5.57. The number of rotatable bonds is 0. The van der Waals surface area contributed by atoms with Gasteiger partial charge in [0.1, 0.15) is 11.5 Å². The van der Waals surface area contributed by atoms with E-state index >= 15 is 0 Å².